The number of rotatable bonds is 3. The molecule has 2 rings (SSSR count). The molecule has 1 aromatic heterocycles. The quantitative estimate of drug-likeness (QED) is 0.636. The number of hydrogen-bond acceptors (Lipinski definition) is 6. The van der Waals surface area contributed by atoms with Crippen LogP contribution in [0.1, 0.15) is 12.6 Å². The fourth-order valence-electron chi connectivity index (χ4n) is 2.15. The summed E-state index contributed by atoms with van der Waals surface area (Å²) in [5.74, 6) is -0.0131. The number of aliphatic hydroxyl groups excluding tert-OH is 2. The maximum atomic E-state index is 11.7. The molecule has 1 saturated heterocycles. The third-order valence-corrected chi connectivity index (χ3v) is 3.30. The van der Waals surface area contributed by atoms with E-state index in [1.165, 1.54) is 16.8 Å². The van der Waals surface area contributed by atoms with E-state index in [9.17, 15) is 9.90 Å². The second-order valence-corrected chi connectivity index (χ2v) is 4.45. The Labute approximate surface area is 104 Å². The summed E-state index contributed by atoms with van der Waals surface area (Å²) in [6.07, 6.45) is 1.53. The Hall–Kier alpha value is -1.44. The van der Waals surface area contributed by atoms with Gasteiger partial charge < -0.3 is 20.7 Å². The number of ether oxygens (including phenoxy) is 1. The van der Waals surface area contributed by atoms with E-state index in [4.69, 9.17) is 15.6 Å². The van der Waals surface area contributed by atoms with Crippen LogP contribution in [-0.2, 0) is 4.74 Å². The van der Waals surface area contributed by atoms with Gasteiger partial charge in [0.05, 0.1) is 6.61 Å². The van der Waals surface area contributed by atoms with Gasteiger partial charge in [-0.1, -0.05) is 0 Å². The second kappa shape index (κ2) is 5.47. The summed E-state index contributed by atoms with van der Waals surface area (Å²) >= 11 is 0. The van der Waals surface area contributed by atoms with E-state index >= 15 is 0 Å². The van der Waals surface area contributed by atoms with E-state index in [0.717, 1.165) is 0 Å². The van der Waals surface area contributed by atoms with Crippen LogP contribution in [0.5, 0.6) is 0 Å². The Balaban J connectivity index is 2.17. The summed E-state index contributed by atoms with van der Waals surface area (Å²) in [6, 6.07) is 1.52. The molecule has 0 aliphatic carbocycles. The van der Waals surface area contributed by atoms with Crippen molar-refractivity contribution in [3.63, 3.8) is 0 Å². The van der Waals surface area contributed by atoms with Crippen molar-refractivity contribution < 1.29 is 14.9 Å². The van der Waals surface area contributed by atoms with Crippen LogP contribution in [0.2, 0.25) is 0 Å². The highest BCUT2D eigenvalue weighted by Crippen LogP contribution is 2.30. The second-order valence-electron chi connectivity index (χ2n) is 4.45. The van der Waals surface area contributed by atoms with E-state index in [0.29, 0.717) is 13.0 Å². The van der Waals surface area contributed by atoms with Crippen LogP contribution < -0.4 is 11.4 Å². The predicted molar refractivity (Wildman–Crippen MR) is 63.7 cm³/mol. The van der Waals surface area contributed by atoms with Crippen molar-refractivity contribution in [2.75, 3.05) is 25.6 Å². The summed E-state index contributed by atoms with van der Waals surface area (Å²) < 4.78 is 6.89. The van der Waals surface area contributed by atoms with Gasteiger partial charge in [0.2, 0.25) is 0 Å². The minimum absolute atomic E-state index is 0.0349. The molecular formula is C11H17N3O4. The number of nitrogen functional groups attached to an aromatic ring is 1. The molecule has 0 radical (unpaired) electrons. The first kappa shape index (κ1) is 13.0. The largest absolute Gasteiger partial charge is 0.396 e. The molecule has 0 spiro atoms. The van der Waals surface area contributed by atoms with Gasteiger partial charge in [-0.3, -0.25) is 4.57 Å². The van der Waals surface area contributed by atoms with Crippen LogP contribution in [0, 0.1) is 11.8 Å². The van der Waals surface area contributed by atoms with Gasteiger partial charge in [-0.2, -0.15) is 4.98 Å². The van der Waals surface area contributed by atoms with Crippen LogP contribution >= 0.6 is 0 Å². The molecule has 1 aromatic rings. The van der Waals surface area contributed by atoms with Crippen LogP contribution in [0.4, 0.5) is 5.82 Å². The Morgan fingerprint density at radius 2 is 2.17 bits per heavy atom. The highest BCUT2D eigenvalue weighted by Gasteiger charge is 2.31. The first-order valence-corrected chi connectivity index (χ1v) is 5.83. The molecule has 1 aliphatic heterocycles. The normalized spacial score (nSPS) is 28.2. The number of nitrogens with two attached hydrogens (primary N) is 1. The number of nitrogens with zero attached hydrogens (tertiary/aromatic N) is 2. The summed E-state index contributed by atoms with van der Waals surface area (Å²) in [5.41, 5.74) is 4.94. The van der Waals surface area contributed by atoms with Gasteiger partial charge in [-0.15, -0.1) is 0 Å². The zero-order chi connectivity index (χ0) is 13.1. The Bertz CT molecular complexity index is 462. The first-order chi connectivity index (χ1) is 8.65. The van der Waals surface area contributed by atoms with Crippen molar-refractivity contribution in [2.24, 2.45) is 11.8 Å². The monoisotopic (exact) mass is 255 g/mol. The lowest BCUT2D eigenvalue weighted by Crippen LogP contribution is -2.39. The van der Waals surface area contributed by atoms with Crippen molar-refractivity contribution in [3.8, 4) is 0 Å². The maximum Gasteiger partial charge on any atom is 0.351 e. The molecular weight excluding hydrogens is 238 g/mol. The van der Waals surface area contributed by atoms with Crippen molar-refractivity contribution in [1.82, 2.24) is 9.55 Å². The van der Waals surface area contributed by atoms with Crippen LogP contribution in [0.15, 0.2) is 17.1 Å². The van der Waals surface area contributed by atoms with E-state index in [-0.39, 0.29) is 30.9 Å². The van der Waals surface area contributed by atoms with E-state index in [2.05, 4.69) is 4.98 Å². The Morgan fingerprint density at radius 3 is 2.78 bits per heavy atom. The molecule has 0 saturated carbocycles. The van der Waals surface area contributed by atoms with Gasteiger partial charge in [-0.05, 0) is 18.4 Å². The van der Waals surface area contributed by atoms with Crippen molar-refractivity contribution >= 4 is 5.82 Å². The van der Waals surface area contributed by atoms with Crippen molar-refractivity contribution in [3.05, 3.63) is 22.7 Å². The lowest BCUT2D eigenvalue weighted by molar-refractivity contribution is -0.107. The molecule has 0 amide bonds. The summed E-state index contributed by atoms with van der Waals surface area (Å²) in [7, 11) is 0. The zero-order valence-corrected chi connectivity index (χ0v) is 9.90. The van der Waals surface area contributed by atoms with Crippen molar-refractivity contribution in [2.45, 2.75) is 12.6 Å². The average molecular weight is 255 g/mol. The molecule has 1 aliphatic rings. The highest BCUT2D eigenvalue weighted by atomic mass is 16.5. The summed E-state index contributed by atoms with van der Waals surface area (Å²) in [5, 5.41) is 18.4. The molecule has 7 heteroatoms. The molecule has 2 heterocycles. The minimum Gasteiger partial charge on any atom is -0.396 e. The predicted octanol–water partition coefficient (Wildman–Crippen LogP) is -1.04. The zero-order valence-electron chi connectivity index (χ0n) is 9.90. The Morgan fingerprint density at radius 1 is 1.44 bits per heavy atom. The third-order valence-electron chi connectivity index (χ3n) is 3.30. The van der Waals surface area contributed by atoms with E-state index in [1.54, 1.807) is 0 Å². The van der Waals surface area contributed by atoms with Crippen LogP contribution in [-0.4, -0.2) is 39.6 Å². The molecule has 0 bridgehead atoms. The Kier molecular flexibility index (Phi) is 3.95. The number of hydrogen-bond donors (Lipinski definition) is 3. The number of aliphatic hydroxyl groups is 2. The van der Waals surface area contributed by atoms with Crippen molar-refractivity contribution in [1.29, 1.82) is 0 Å². The first-order valence-electron chi connectivity index (χ1n) is 5.83. The molecule has 1 fully saturated rings. The van der Waals surface area contributed by atoms with E-state index in [1.807, 2.05) is 0 Å². The SMILES string of the molecule is Nc1ccn(C2CC(CO)C(CO)CO2)c(=O)n1. The minimum atomic E-state index is -0.473. The fraction of sp³-hybridized carbons (Fsp3) is 0.636. The van der Waals surface area contributed by atoms with Gasteiger partial charge in [0.15, 0.2) is 0 Å². The smallest absolute Gasteiger partial charge is 0.351 e. The average Bonchev–Trinajstić information content (AvgIpc) is 2.38. The van der Waals surface area contributed by atoms with Gasteiger partial charge in [0.1, 0.15) is 12.0 Å². The molecule has 18 heavy (non-hydrogen) atoms. The van der Waals surface area contributed by atoms with Crippen LogP contribution in [0.25, 0.3) is 0 Å². The molecule has 3 atom stereocenters. The summed E-state index contributed by atoms with van der Waals surface area (Å²) in [4.78, 5) is 15.3. The molecule has 0 aromatic carbocycles. The number of aromatic nitrogens is 2. The topological polar surface area (TPSA) is 111 Å². The van der Waals surface area contributed by atoms with Gasteiger partial charge in [0.25, 0.3) is 0 Å². The van der Waals surface area contributed by atoms with Gasteiger partial charge in [0, 0.05) is 25.3 Å². The van der Waals surface area contributed by atoms with E-state index < -0.39 is 11.9 Å². The number of anilines is 1. The maximum absolute atomic E-state index is 11.7. The fourth-order valence-corrected chi connectivity index (χ4v) is 2.15. The highest BCUT2D eigenvalue weighted by molar-refractivity contribution is 5.23. The van der Waals surface area contributed by atoms with Gasteiger partial charge >= 0.3 is 5.69 Å². The molecule has 7 nitrogen and oxygen atoms in total. The van der Waals surface area contributed by atoms with Crippen LogP contribution in [0.3, 0.4) is 0 Å². The molecule has 4 N–H and O–H groups in total. The summed E-state index contributed by atoms with van der Waals surface area (Å²) in [6.45, 7) is 0.234. The third kappa shape index (κ3) is 2.53. The molecule has 100 valence electrons. The lowest BCUT2D eigenvalue weighted by Gasteiger charge is -2.34. The standard InChI is InChI=1S/C11H17N3O4/c12-9-1-2-14(11(17)13-9)10-3-7(4-15)8(5-16)6-18-10/h1-2,7-8,10,15-16H,3-6H2,(H2,12,13,17). The van der Waals surface area contributed by atoms with Gasteiger partial charge in [-0.25, -0.2) is 4.79 Å². The molecule has 3 unspecified atom stereocenters. The lowest BCUT2D eigenvalue weighted by atomic mass is 9.88.